The minimum absolute atomic E-state index is 0.0263. The molecular weight excluding hydrogens is 580 g/mol. The molecule has 2 N–H and O–H groups in total. The summed E-state index contributed by atoms with van der Waals surface area (Å²) in [4.78, 5) is 52.6. The van der Waals surface area contributed by atoms with Crippen molar-refractivity contribution in [3.63, 3.8) is 0 Å². The van der Waals surface area contributed by atoms with Crippen molar-refractivity contribution in [2.75, 3.05) is 18.5 Å². The van der Waals surface area contributed by atoms with E-state index in [9.17, 15) is 19.2 Å². The lowest BCUT2D eigenvalue weighted by Gasteiger charge is -2.15. The van der Waals surface area contributed by atoms with Crippen LogP contribution >= 0.6 is 11.6 Å². The van der Waals surface area contributed by atoms with Gasteiger partial charge in [0.25, 0.3) is 11.5 Å². The van der Waals surface area contributed by atoms with Crippen LogP contribution < -0.4 is 26.6 Å². The zero-order valence-electron chi connectivity index (χ0n) is 24.1. The smallest absolute Gasteiger partial charge is 0.332 e. The molecule has 10 heteroatoms. The molecule has 0 radical (unpaired) electrons. The van der Waals surface area contributed by atoms with Crippen LogP contribution in [0.25, 0.3) is 10.9 Å². The van der Waals surface area contributed by atoms with Gasteiger partial charge in [0.2, 0.25) is 5.91 Å². The van der Waals surface area contributed by atoms with Gasteiger partial charge in [0.1, 0.15) is 12.3 Å². The van der Waals surface area contributed by atoms with Crippen molar-refractivity contribution in [2.45, 2.75) is 26.4 Å². The molecule has 5 aromatic rings. The fourth-order valence-electron chi connectivity index (χ4n) is 4.83. The number of benzene rings is 4. The molecule has 0 spiro atoms. The molecule has 1 heterocycles. The number of amides is 2. The van der Waals surface area contributed by atoms with Gasteiger partial charge in [-0.2, -0.15) is 0 Å². The molecule has 0 atom stereocenters. The molecule has 0 aliphatic carbocycles. The van der Waals surface area contributed by atoms with Crippen LogP contribution in [0.2, 0.25) is 5.02 Å². The van der Waals surface area contributed by atoms with Gasteiger partial charge in [-0.3, -0.25) is 23.5 Å². The predicted octanol–water partition coefficient (Wildman–Crippen LogP) is 4.87. The number of carbonyl (C=O) groups is 2. The van der Waals surface area contributed by atoms with Crippen molar-refractivity contribution in [1.29, 1.82) is 0 Å². The van der Waals surface area contributed by atoms with E-state index in [1.165, 1.54) is 4.57 Å². The molecule has 4 aromatic carbocycles. The number of fused-ring (bicyclic) bond motifs is 1. The Kier molecular flexibility index (Phi) is 9.56. The molecule has 0 saturated heterocycles. The third kappa shape index (κ3) is 7.25. The third-order valence-electron chi connectivity index (χ3n) is 7.05. The van der Waals surface area contributed by atoms with E-state index in [-0.39, 0.29) is 19.0 Å². The molecule has 2 amide bonds. The molecule has 0 saturated carbocycles. The average molecular weight is 611 g/mol. The number of ether oxygens (including phenoxy) is 1. The monoisotopic (exact) mass is 610 g/mol. The van der Waals surface area contributed by atoms with Gasteiger partial charge in [0.05, 0.1) is 24.1 Å². The Morgan fingerprint density at radius 3 is 2.20 bits per heavy atom. The van der Waals surface area contributed by atoms with Crippen molar-refractivity contribution >= 4 is 40.0 Å². The van der Waals surface area contributed by atoms with Crippen LogP contribution in [0.3, 0.4) is 0 Å². The summed E-state index contributed by atoms with van der Waals surface area (Å²) in [5, 5.41) is 6.67. The second-order valence-electron chi connectivity index (χ2n) is 10.1. The second kappa shape index (κ2) is 13.9. The number of hydrogen-bond donors (Lipinski definition) is 2. The Balaban J connectivity index is 1.31. The first-order valence-corrected chi connectivity index (χ1v) is 14.6. The van der Waals surface area contributed by atoms with Crippen LogP contribution in [0.15, 0.2) is 107 Å². The molecule has 0 unspecified atom stereocenters. The Labute approximate surface area is 258 Å². The summed E-state index contributed by atoms with van der Waals surface area (Å²) in [6.45, 7) is 2.56. The molecule has 0 fully saturated rings. The largest absolute Gasteiger partial charge is 0.494 e. The standard InChI is InChI=1S/C34H31ClN4O5/c1-2-44-28-17-15-27(16-18-28)37-31(40)22-38-30-6-4-3-5-29(30)33(42)39(34(38)43)21-24-7-11-25(12-8-24)32(41)36-20-19-23-9-13-26(35)14-10-23/h3-18H,2,19-22H2,1H3,(H,36,41)(H,37,40). The van der Waals surface area contributed by atoms with Gasteiger partial charge in [-0.1, -0.05) is 48.0 Å². The minimum Gasteiger partial charge on any atom is -0.494 e. The van der Waals surface area contributed by atoms with Crippen molar-refractivity contribution in [1.82, 2.24) is 14.5 Å². The first kappa shape index (κ1) is 30.3. The van der Waals surface area contributed by atoms with Gasteiger partial charge in [-0.05, 0) is 85.1 Å². The van der Waals surface area contributed by atoms with E-state index in [1.54, 1.807) is 72.8 Å². The number of hydrogen-bond acceptors (Lipinski definition) is 5. The van der Waals surface area contributed by atoms with Gasteiger partial charge >= 0.3 is 5.69 Å². The number of carbonyl (C=O) groups excluding carboxylic acids is 2. The average Bonchev–Trinajstić information content (AvgIpc) is 3.03. The summed E-state index contributed by atoms with van der Waals surface area (Å²) in [6, 6.07) is 27.8. The Morgan fingerprint density at radius 2 is 1.50 bits per heavy atom. The van der Waals surface area contributed by atoms with Gasteiger partial charge in [0, 0.05) is 22.8 Å². The number of halogens is 1. The van der Waals surface area contributed by atoms with Gasteiger partial charge in [-0.15, -0.1) is 0 Å². The summed E-state index contributed by atoms with van der Waals surface area (Å²) in [7, 11) is 0. The Bertz CT molecular complexity index is 1900. The molecule has 44 heavy (non-hydrogen) atoms. The lowest BCUT2D eigenvalue weighted by Crippen LogP contribution is -2.42. The number of anilines is 1. The van der Waals surface area contributed by atoms with Crippen molar-refractivity contribution < 1.29 is 14.3 Å². The maximum Gasteiger partial charge on any atom is 0.332 e. The van der Waals surface area contributed by atoms with E-state index in [0.717, 1.165) is 10.1 Å². The lowest BCUT2D eigenvalue weighted by molar-refractivity contribution is -0.116. The van der Waals surface area contributed by atoms with E-state index in [2.05, 4.69) is 10.6 Å². The Morgan fingerprint density at radius 1 is 0.818 bits per heavy atom. The minimum atomic E-state index is -0.612. The number of aromatic nitrogens is 2. The second-order valence-corrected chi connectivity index (χ2v) is 10.5. The van der Waals surface area contributed by atoms with Gasteiger partial charge < -0.3 is 15.4 Å². The summed E-state index contributed by atoms with van der Waals surface area (Å²) in [6.07, 6.45) is 0.663. The molecule has 224 valence electrons. The summed E-state index contributed by atoms with van der Waals surface area (Å²) >= 11 is 5.92. The molecular formula is C34H31ClN4O5. The van der Waals surface area contributed by atoms with Crippen molar-refractivity contribution in [3.8, 4) is 5.75 Å². The highest BCUT2D eigenvalue weighted by Crippen LogP contribution is 2.16. The fraction of sp³-hybridized carbons (Fsp3) is 0.176. The van der Waals surface area contributed by atoms with E-state index in [0.29, 0.717) is 58.1 Å². The lowest BCUT2D eigenvalue weighted by atomic mass is 10.1. The highest BCUT2D eigenvalue weighted by molar-refractivity contribution is 6.30. The highest BCUT2D eigenvalue weighted by Gasteiger charge is 2.16. The third-order valence-corrected chi connectivity index (χ3v) is 7.30. The van der Waals surface area contributed by atoms with Crippen LogP contribution in [0.5, 0.6) is 5.75 Å². The van der Waals surface area contributed by atoms with E-state index in [4.69, 9.17) is 16.3 Å². The summed E-state index contributed by atoms with van der Waals surface area (Å²) < 4.78 is 7.84. The van der Waals surface area contributed by atoms with E-state index >= 15 is 0 Å². The predicted molar refractivity (Wildman–Crippen MR) is 172 cm³/mol. The highest BCUT2D eigenvalue weighted by atomic mass is 35.5. The number of nitrogens with one attached hydrogen (secondary N) is 2. The molecule has 0 bridgehead atoms. The van der Waals surface area contributed by atoms with Gasteiger partial charge in [0.15, 0.2) is 0 Å². The first-order chi connectivity index (χ1) is 21.3. The summed E-state index contributed by atoms with van der Waals surface area (Å²) in [5.74, 6) is 0.0370. The molecule has 9 nitrogen and oxygen atoms in total. The SMILES string of the molecule is CCOc1ccc(NC(=O)Cn2c(=O)n(Cc3ccc(C(=O)NCCc4ccc(Cl)cc4)cc3)c(=O)c3ccccc32)cc1. The number of para-hydroxylation sites is 1. The molecule has 0 aliphatic rings. The fourth-order valence-corrected chi connectivity index (χ4v) is 4.95. The Hall–Kier alpha value is -5.15. The van der Waals surface area contributed by atoms with Crippen LogP contribution in [-0.2, 0) is 24.3 Å². The zero-order valence-corrected chi connectivity index (χ0v) is 24.8. The zero-order chi connectivity index (χ0) is 31.1. The van der Waals surface area contributed by atoms with Crippen molar-refractivity contribution in [2.24, 2.45) is 0 Å². The summed E-state index contributed by atoms with van der Waals surface area (Å²) in [5.41, 5.74) is 2.02. The molecule has 5 rings (SSSR count). The molecule has 1 aromatic heterocycles. The quantitative estimate of drug-likeness (QED) is 0.222. The van der Waals surface area contributed by atoms with E-state index < -0.39 is 17.2 Å². The van der Waals surface area contributed by atoms with E-state index in [1.807, 2.05) is 31.2 Å². The normalized spacial score (nSPS) is 10.9. The maximum absolute atomic E-state index is 13.6. The number of nitrogens with zero attached hydrogens (tertiary/aromatic N) is 2. The topological polar surface area (TPSA) is 111 Å². The first-order valence-electron chi connectivity index (χ1n) is 14.2. The maximum atomic E-state index is 13.6. The van der Waals surface area contributed by atoms with Crippen LogP contribution in [0.4, 0.5) is 5.69 Å². The van der Waals surface area contributed by atoms with Crippen molar-refractivity contribution in [3.05, 3.63) is 140 Å². The van der Waals surface area contributed by atoms with Crippen LogP contribution in [-0.4, -0.2) is 34.1 Å². The number of rotatable bonds is 11. The van der Waals surface area contributed by atoms with Gasteiger partial charge in [-0.25, -0.2) is 4.79 Å². The molecule has 0 aliphatic heterocycles. The van der Waals surface area contributed by atoms with Crippen LogP contribution in [0, 0.1) is 0 Å². The van der Waals surface area contributed by atoms with Crippen LogP contribution in [0.1, 0.15) is 28.4 Å².